The number of benzene rings is 1. The fourth-order valence-corrected chi connectivity index (χ4v) is 2.37. The minimum absolute atomic E-state index is 0.0256. The Morgan fingerprint density at radius 1 is 1.38 bits per heavy atom. The molecule has 2 aromatic rings. The van der Waals surface area contributed by atoms with Crippen LogP contribution < -0.4 is 5.73 Å². The van der Waals surface area contributed by atoms with Crippen LogP contribution in [-0.4, -0.2) is 0 Å². The van der Waals surface area contributed by atoms with Crippen molar-refractivity contribution in [3.8, 4) is 0 Å². The Labute approximate surface area is 104 Å². The smallest absolute Gasteiger partial charge is 0.105 e. The third-order valence-electron chi connectivity index (χ3n) is 2.49. The molecule has 0 fully saturated rings. The number of furan rings is 1. The molecule has 3 heteroatoms. The molecular weight excluding hydrogens is 266 g/mol. The van der Waals surface area contributed by atoms with Crippen molar-refractivity contribution >= 4 is 15.9 Å². The van der Waals surface area contributed by atoms with Crippen molar-refractivity contribution in [2.45, 2.75) is 19.4 Å². The first-order valence-corrected chi connectivity index (χ1v) is 5.99. The molecule has 1 aromatic heterocycles. The Bertz CT molecular complexity index is 445. The summed E-state index contributed by atoms with van der Waals surface area (Å²) in [6.45, 7) is 2.06. The highest BCUT2D eigenvalue weighted by Gasteiger charge is 2.09. The lowest BCUT2D eigenvalue weighted by atomic mass is 10.0. The molecule has 2 N–H and O–H groups in total. The zero-order chi connectivity index (χ0) is 11.5. The van der Waals surface area contributed by atoms with E-state index >= 15 is 0 Å². The van der Waals surface area contributed by atoms with Gasteiger partial charge in [-0.2, -0.15) is 0 Å². The van der Waals surface area contributed by atoms with Gasteiger partial charge in [-0.1, -0.05) is 22.0 Å². The van der Waals surface area contributed by atoms with E-state index in [1.165, 1.54) is 5.56 Å². The maximum atomic E-state index is 6.14. The summed E-state index contributed by atoms with van der Waals surface area (Å²) in [4.78, 5) is 0. The minimum atomic E-state index is -0.0256. The van der Waals surface area contributed by atoms with E-state index in [2.05, 4.69) is 41.1 Å². The largest absolute Gasteiger partial charge is 0.469 e. The topological polar surface area (TPSA) is 39.2 Å². The molecular formula is C13H14BrNO. The van der Waals surface area contributed by atoms with Gasteiger partial charge in [0.15, 0.2) is 0 Å². The summed E-state index contributed by atoms with van der Waals surface area (Å²) in [5.41, 5.74) is 8.48. The quantitative estimate of drug-likeness (QED) is 0.933. The molecule has 1 atom stereocenters. The highest BCUT2D eigenvalue weighted by molar-refractivity contribution is 9.10. The third kappa shape index (κ3) is 2.74. The van der Waals surface area contributed by atoms with E-state index in [1.807, 2.05) is 12.1 Å². The monoisotopic (exact) mass is 279 g/mol. The van der Waals surface area contributed by atoms with Gasteiger partial charge in [0, 0.05) is 16.9 Å². The zero-order valence-corrected chi connectivity index (χ0v) is 10.7. The summed E-state index contributed by atoms with van der Waals surface area (Å²) in [7, 11) is 0. The van der Waals surface area contributed by atoms with Crippen LogP contribution in [0.25, 0.3) is 0 Å². The van der Waals surface area contributed by atoms with Gasteiger partial charge in [0.05, 0.1) is 6.26 Å². The first-order valence-electron chi connectivity index (χ1n) is 5.20. The van der Waals surface area contributed by atoms with E-state index in [0.29, 0.717) is 0 Å². The summed E-state index contributed by atoms with van der Waals surface area (Å²) >= 11 is 3.48. The van der Waals surface area contributed by atoms with E-state index in [1.54, 1.807) is 6.26 Å². The van der Waals surface area contributed by atoms with Crippen molar-refractivity contribution in [3.63, 3.8) is 0 Å². The van der Waals surface area contributed by atoms with E-state index in [0.717, 1.165) is 22.2 Å². The van der Waals surface area contributed by atoms with Crippen LogP contribution in [0, 0.1) is 6.92 Å². The lowest BCUT2D eigenvalue weighted by molar-refractivity contribution is 0.488. The molecule has 0 bridgehead atoms. The maximum Gasteiger partial charge on any atom is 0.105 e. The van der Waals surface area contributed by atoms with Gasteiger partial charge in [-0.15, -0.1) is 0 Å². The number of hydrogen-bond donors (Lipinski definition) is 1. The summed E-state index contributed by atoms with van der Waals surface area (Å²) in [5, 5.41) is 0. The molecule has 0 spiro atoms. The van der Waals surface area contributed by atoms with Crippen LogP contribution in [-0.2, 0) is 6.42 Å². The van der Waals surface area contributed by atoms with Crippen LogP contribution >= 0.6 is 15.9 Å². The van der Waals surface area contributed by atoms with E-state index < -0.39 is 0 Å². The zero-order valence-electron chi connectivity index (χ0n) is 9.11. The van der Waals surface area contributed by atoms with Crippen molar-refractivity contribution in [1.82, 2.24) is 0 Å². The molecule has 2 nitrogen and oxygen atoms in total. The molecule has 1 aromatic carbocycles. The minimum Gasteiger partial charge on any atom is -0.469 e. The fraction of sp³-hybridized carbons (Fsp3) is 0.231. The molecule has 16 heavy (non-hydrogen) atoms. The van der Waals surface area contributed by atoms with Crippen LogP contribution in [0.2, 0.25) is 0 Å². The van der Waals surface area contributed by atoms with Crippen molar-refractivity contribution in [1.29, 1.82) is 0 Å². The molecule has 0 radical (unpaired) electrons. The Morgan fingerprint density at radius 2 is 2.19 bits per heavy atom. The summed E-state index contributed by atoms with van der Waals surface area (Å²) in [6, 6.07) is 10.0. The normalized spacial score (nSPS) is 12.7. The van der Waals surface area contributed by atoms with Gasteiger partial charge in [-0.05, 0) is 42.3 Å². The van der Waals surface area contributed by atoms with Gasteiger partial charge >= 0.3 is 0 Å². The van der Waals surface area contributed by atoms with Gasteiger partial charge < -0.3 is 10.2 Å². The maximum absolute atomic E-state index is 6.14. The van der Waals surface area contributed by atoms with Crippen molar-refractivity contribution in [2.75, 3.05) is 0 Å². The summed E-state index contributed by atoms with van der Waals surface area (Å²) in [6.07, 6.45) is 2.40. The van der Waals surface area contributed by atoms with Crippen molar-refractivity contribution in [2.24, 2.45) is 5.73 Å². The van der Waals surface area contributed by atoms with Crippen LogP contribution in [0.4, 0.5) is 0 Å². The van der Waals surface area contributed by atoms with Crippen molar-refractivity contribution in [3.05, 3.63) is 58.0 Å². The Hall–Kier alpha value is -1.06. The van der Waals surface area contributed by atoms with Crippen LogP contribution in [0.15, 0.2) is 45.5 Å². The lowest BCUT2D eigenvalue weighted by Gasteiger charge is -2.11. The van der Waals surface area contributed by atoms with Gasteiger partial charge in [-0.25, -0.2) is 0 Å². The predicted octanol–water partition coefficient (Wildman–Crippen LogP) is 3.59. The Morgan fingerprint density at radius 3 is 2.81 bits per heavy atom. The van der Waals surface area contributed by atoms with E-state index in [-0.39, 0.29) is 6.04 Å². The molecule has 0 aliphatic carbocycles. The van der Waals surface area contributed by atoms with Gasteiger partial charge in [0.1, 0.15) is 5.76 Å². The highest BCUT2D eigenvalue weighted by atomic mass is 79.9. The molecule has 84 valence electrons. The second kappa shape index (κ2) is 4.85. The average molecular weight is 280 g/mol. The Balaban J connectivity index is 2.17. The lowest BCUT2D eigenvalue weighted by Crippen LogP contribution is -2.13. The van der Waals surface area contributed by atoms with Gasteiger partial charge in [-0.3, -0.25) is 0 Å². The first-order chi connectivity index (χ1) is 7.65. The highest BCUT2D eigenvalue weighted by Crippen LogP contribution is 2.22. The molecule has 0 saturated heterocycles. The van der Waals surface area contributed by atoms with Gasteiger partial charge in [0.2, 0.25) is 0 Å². The van der Waals surface area contributed by atoms with Gasteiger partial charge in [0.25, 0.3) is 0 Å². The molecule has 0 aliphatic rings. The number of rotatable bonds is 3. The third-order valence-corrected chi connectivity index (χ3v) is 2.95. The SMILES string of the molecule is Cc1cc(Br)cc(C(N)Cc2ccco2)c1. The van der Waals surface area contributed by atoms with Crippen LogP contribution in [0.1, 0.15) is 22.9 Å². The fourth-order valence-electron chi connectivity index (χ4n) is 1.74. The molecule has 2 rings (SSSR count). The second-order valence-electron chi connectivity index (χ2n) is 3.95. The Kier molecular flexibility index (Phi) is 3.46. The van der Waals surface area contributed by atoms with Crippen LogP contribution in [0.5, 0.6) is 0 Å². The molecule has 0 saturated carbocycles. The average Bonchev–Trinajstić information content (AvgIpc) is 2.68. The number of hydrogen-bond acceptors (Lipinski definition) is 2. The first kappa shape index (κ1) is 11.4. The number of aryl methyl sites for hydroxylation is 1. The number of nitrogens with two attached hydrogens (primary N) is 1. The van der Waals surface area contributed by atoms with E-state index in [4.69, 9.17) is 10.2 Å². The second-order valence-corrected chi connectivity index (χ2v) is 4.87. The summed E-state index contributed by atoms with van der Waals surface area (Å²) < 4.78 is 6.36. The molecule has 0 amide bonds. The molecule has 1 unspecified atom stereocenters. The predicted molar refractivity (Wildman–Crippen MR) is 68.2 cm³/mol. The van der Waals surface area contributed by atoms with Crippen molar-refractivity contribution < 1.29 is 4.42 Å². The molecule has 1 heterocycles. The standard InChI is InChI=1S/C13H14BrNO/c1-9-5-10(7-11(14)6-9)13(15)8-12-3-2-4-16-12/h2-7,13H,8,15H2,1H3. The number of halogens is 1. The van der Waals surface area contributed by atoms with Crippen LogP contribution in [0.3, 0.4) is 0 Å². The van der Waals surface area contributed by atoms with E-state index in [9.17, 15) is 0 Å². The molecule has 0 aliphatic heterocycles. The summed E-state index contributed by atoms with van der Waals surface area (Å²) in [5.74, 6) is 0.921.